The first-order valence-electron chi connectivity index (χ1n) is 8.15. The number of aromatic nitrogens is 2. The maximum absolute atomic E-state index is 10.1. The molecule has 0 aliphatic carbocycles. The number of ether oxygens (including phenoxy) is 1. The summed E-state index contributed by atoms with van der Waals surface area (Å²) in [5.41, 5.74) is 1.10. The fraction of sp³-hybridized carbons (Fsp3) is 0.333. The number of furan rings is 1. The third-order valence-electron chi connectivity index (χ3n) is 4.41. The average molecular weight is 341 g/mol. The van der Waals surface area contributed by atoms with Crippen LogP contribution in [0.4, 0.5) is 0 Å². The molecule has 1 aliphatic heterocycles. The number of aliphatic hydroxyl groups is 1. The van der Waals surface area contributed by atoms with E-state index in [1.807, 2.05) is 24.3 Å². The SMILES string of the molecule is COc1cccc(C2CC(O)CN2Cc2nc(-c3ccco3)no2)c1. The highest BCUT2D eigenvalue weighted by Gasteiger charge is 2.33. The van der Waals surface area contributed by atoms with Crippen molar-refractivity contribution in [1.29, 1.82) is 0 Å². The first-order chi connectivity index (χ1) is 12.2. The monoisotopic (exact) mass is 341 g/mol. The molecule has 2 unspecified atom stereocenters. The molecule has 0 radical (unpaired) electrons. The van der Waals surface area contributed by atoms with Gasteiger partial charge in [-0.15, -0.1) is 0 Å². The van der Waals surface area contributed by atoms with Gasteiger partial charge in [-0.05, 0) is 36.2 Å². The van der Waals surface area contributed by atoms with Crippen molar-refractivity contribution in [2.24, 2.45) is 0 Å². The van der Waals surface area contributed by atoms with Crippen molar-refractivity contribution in [2.75, 3.05) is 13.7 Å². The molecule has 1 saturated heterocycles. The Bertz CT molecular complexity index is 830. The predicted octanol–water partition coefficient (Wildman–Crippen LogP) is 2.65. The van der Waals surface area contributed by atoms with Crippen LogP contribution in [0, 0.1) is 0 Å². The quantitative estimate of drug-likeness (QED) is 0.763. The lowest BCUT2D eigenvalue weighted by atomic mass is 10.0. The fourth-order valence-electron chi connectivity index (χ4n) is 3.25. The van der Waals surface area contributed by atoms with Gasteiger partial charge in [-0.1, -0.05) is 17.3 Å². The molecule has 0 bridgehead atoms. The summed E-state index contributed by atoms with van der Waals surface area (Å²) in [6, 6.07) is 11.5. The number of methoxy groups -OCH3 is 1. The number of likely N-dealkylation sites (tertiary alicyclic amines) is 1. The predicted molar refractivity (Wildman–Crippen MR) is 88.8 cm³/mol. The Balaban J connectivity index is 1.54. The van der Waals surface area contributed by atoms with E-state index in [4.69, 9.17) is 13.7 Å². The van der Waals surface area contributed by atoms with Crippen molar-refractivity contribution >= 4 is 0 Å². The molecule has 1 fully saturated rings. The third-order valence-corrected chi connectivity index (χ3v) is 4.41. The second-order valence-corrected chi connectivity index (χ2v) is 6.10. The minimum absolute atomic E-state index is 0.0732. The number of β-amino-alcohol motifs (C(OH)–C–C–N with tert-alkyl or cyclic N) is 1. The van der Waals surface area contributed by atoms with Crippen LogP contribution in [-0.4, -0.2) is 39.9 Å². The van der Waals surface area contributed by atoms with E-state index in [0.717, 1.165) is 11.3 Å². The number of nitrogens with zero attached hydrogens (tertiary/aromatic N) is 3. The molecule has 0 amide bonds. The molecule has 0 saturated carbocycles. The molecule has 3 heterocycles. The zero-order valence-electron chi connectivity index (χ0n) is 13.8. The van der Waals surface area contributed by atoms with Gasteiger partial charge in [0.1, 0.15) is 5.75 Å². The second kappa shape index (κ2) is 6.70. The molecule has 2 atom stereocenters. The molecule has 1 aromatic carbocycles. The van der Waals surface area contributed by atoms with Crippen LogP contribution >= 0.6 is 0 Å². The third kappa shape index (κ3) is 3.29. The van der Waals surface area contributed by atoms with Crippen molar-refractivity contribution in [3.05, 3.63) is 54.1 Å². The Labute approximate surface area is 144 Å². The Morgan fingerprint density at radius 1 is 1.32 bits per heavy atom. The summed E-state index contributed by atoms with van der Waals surface area (Å²) in [5, 5.41) is 14.1. The number of benzene rings is 1. The van der Waals surface area contributed by atoms with E-state index >= 15 is 0 Å². The summed E-state index contributed by atoms with van der Waals surface area (Å²) in [6.45, 7) is 1.02. The van der Waals surface area contributed by atoms with Crippen molar-refractivity contribution in [3.63, 3.8) is 0 Å². The van der Waals surface area contributed by atoms with Gasteiger partial charge in [-0.25, -0.2) is 0 Å². The van der Waals surface area contributed by atoms with E-state index < -0.39 is 0 Å². The lowest BCUT2D eigenvalue weighted by Crippen LogP contribution is -2.24. The average Bonchev–Trinajstić information content (AvgIpc) is 3.36. The standard InChI is InChI=1S/C18H19N3O4/c1-23-14-5-2-4-12(8-14)15-9-13(22)10-21(15)11-17-19-18(20-25-17)16-6-3-7-24-16/h2-8,13,15,22H,9-11H2,1H3. The molecule has 130 valence electrons. The summed E-state index contributed by atoms with van der Waals surface area (Å²) in [6.07, 6.45) is 1.84. The van der Waals surface area contributed by atoms with E-state index in [9.17, 15) is 5.11 Å². The first kappa shape index (κ1) is 15.9. The van der Waals surface area contributed by atoms with Crippen molar-refractivity contribution in [3.8, 4) is 17.3 Å². The zero-order valence-corrected chi connectivity index (χ0v) is 13.8. The Kier molecular flexibility index (Phi) is 4.25. The first-order valence-corrected chi connectivity index (χ1v) is 8.15. The Hall–Kier alpha value is -2.64. The van der Waals surface area contributed by atoms with Crippen LogP contribution in [0.2, 0.25) is 0 Å². The molecule has 1 aliphatic rings. The minimum atomic E-state index is -0.385. The van der Waals surface area contributed by atoms with Crippen LogP contribution in [0.25, 0.3) is 11.6 Å². The summed E-state index contributed by atoms with van der Waals surface area (Å²) in [7, 11) is 1.65. The van der Waals surface area contributed by atoms with Gasteiger partial charge in [0, 0.05) is 12.6 Å². The van der Waals surface area contributed by atoms with Gasteiger partial charge >= 0.3 is 0 Å². The van der Waals surface area contributed by atoms with Crippen LogP contribution in [0.3, 0.4) is 0 Å². The topological polar surface area (TPSA) is 84.8 Å². The van der Waals surface area contributed by atoms with Crippen LogP contribution in [0.1, 0.15) is 23.9 Å². The maximum atomic E-state index is 10.1. The number of hydrogen-bond acceptors (Lipinski definition) is 7. The normalized spacial score (nSPS) is 20.9. The van der Waals surface area contributed by atoms with Gasteiger partial charge < -0.3 is 18.8 Å². The van der Waals surface area contributed by atoms with E-state index in [-0.39, 0.29) is 12.1 Å². The van der Waals surface area contributed by atoms with Crippen molar-refractivity contribution in [2.45, 2.75) is 25.1 Å². The van der Waals surface area contributed by atoms with Crippen LogP contribution < -0.4 is 4.74 Å². The smallest absolute Gasteiger partial charge is 0.241 e. The lowest BCUT2D eigenvalue weighted by Gasteiger charge is -2.23. The number of aliphatic hydroxyl groups excluding tert-OH is 1. The van der Waals surface area contributed by atoms with Crippen LogP contribution in [-0.2, 0) is 6.54 Å². The van der Waals surface area contributed by atoms with Gasteiger partial charge in [-0.3, -0.25) is 4.90 Å². The largest absolute Gasteiger partial charge is 0.497 e. The van der Waals surface area contributed by atoms with E-state index in [1.54, 1.807) is 25.5 Å². The molecule has 3 aromatic rings. The highest BCUT2D eigenvalue weighted by Crippen LogP contribution is 2.34. The number of rotatable bonds is 5. The van der Waals surface area contributed by atoms with E-state index in [1.165, 1.54) is 0 Å². The summed E-state index contributed by atoms with van der Waals surface area (Å²) < 4.78 is 15.9. The highest BCUT2D eigenvalue weighted by molar-refractivity contribution is 5.44. The number of hydrogen-bond donors (Lipinski definition) is 1. The van der Waals surface area contributed by atoms with Crippen LogP contribution in [0.5, 0.6) is 5.75 Å². The lowest BCUT2D eigenvalue weighted by molar-refractivity contribution is 0.164. The van der Waals surface area contributed by atoms with Gasteiger partial charge in [0.2, 0.25) is 11.7 Å². The van der Waals surface area contributed by atoms with Gasteiger partial charge in [-0.2, -0.15) is 4.98 Å². The van der Waals surface area contributed by atoms with Crippen molar-refractivity contribution < 1.29 is 18.8 Å². The zero-order chi connectivity index (χ0) is 17.2. The molecule has 2 aromatic heterocycles. The van der Waals surface area contributed by atoms with Crippen LogP contribution in [0.15, 0.2) is 51.6 Å². The maximum Gasteiger partial charge on any atom is 0.241 e. The van der Waals surface area contributed by atoms with Gasteiger partial charge in [0.25, 0.3) is 0 Å². The molecular formula is C18H19N3O4. The van der Waals surface area contributed by atoms with E-state index in [0.29, 0.717) is 37.0 Å². The fourth-order valence-corrected chi connectivity index (χ4v) is 3.25. The summed E-state index contributed by atoms with van der Waals surface area (Å²) in [4.78, 5) is 6.52. The van der Waals surface area contributed by atoms with Gasteiger partial charge in [0.15, 0.2) is 5.76 Å². The summed E-state index contributed by atoms with van der Waals surface area (Å²) in [5.74, 6) is 2.30. The van der Waals surface area contributed by atoms with Crippen molar-refractivity contribution in [1.82, 2.24) is 15.0 Å². The van der Waals surface area contributed by atoms with E-state index in [2.05, 4.69) is 15.0 Å². The Morgan fingerprint density at radius 2 is 2.24 bits per heavy atom. The molecule has 25 heavy (non-hydrogen) atoms. The second-order valence-electron chi connectivity index (χ2n) is 6.10. The molecule has 7 heteroatoms. The van der Waals surface area contributed by atoms with Gasteiger partial charge in [0.05, 0.1) is 26.0 Å². The Morgan fingerprint density at radius 3 is 3.04 bits per heavy atom. The minimum Gasteiger partial charge on any atom is -0.497 e. The molecular weight excluding hydrogens is 322 g/mol. The molecule has 4 rings (SSSR count). The molecule has 1 N–H and O–H groups in total. The molecule has 7 nitrogen and oxygen atoms in total. The molecule has 0 spiro atoms. The highest BCUT2D eigenvalue weighted by atomic mass is 16.5. The summed E-state index contributed by atoms with van der Waals surface area (Å²) >= 11 is 0.